The minimum atomic E-state index is -1.17. The predicted molar refractivity (Wildman–Crippen MR) is 65.1 cm³/mol. The van der Waals surface area contributed by atoms with Gasteiger partial charge in [0, 0.05) is 6.07 Å². The van der Waals surface area contributed by atoms with E-state index in [4.69, 9.17) is 9.84 Å². The molecule has 0 aliphatic rings. The molecule has 6 heteroatoms. The molecular formula is C12H15NO5. The zero-order valence-electron chi connectivity index (χ0n) is 10.5. The quantitative estimate of drug-likeness (QED) is 0.643. The molecule has 0 heterocycles. The molecule has 1 aromatic carbocycles. The number of nitro benzene ring substituents is 1. The molecule has 0 unspecified atom stereocenters. The molecule has 0 amide bonds. The third-order valence-electron chi connectivity index (χ3n) is 2.64. The molecule has 0 aliphatic carbocycles. The van der Waals surface area contributed by atoms with E-state index in [0.717, 1.165) is 12.1 Å². The summed E-state index contributed by atoms with van der Waals surface area (Å²) < 4.78 is 5.55. The molecule has 98 valence electrons. The second-order valence-corrected chi connectivity index (χ2v) is 4.46. The number of hydrogen-bond acceptors (Lipinski definition) is 4. The molecule has 0 radical (unpaired) electrons. The van der Waals surface area contributed by atoms with Crippen LogP contribution in [-0.2, 0) is 0 Å². The number of nitro groups is 1. The summed E-state index contributed by atoms with van der Waals surface area (Å²) in [6.45, 7) is 5.47. The van der Waals surface area contributed by atoms with Crippen LogP contribution in [0.3, 0.4) is 0 Å². The Morgan fingerprint density at radius 1 is 1.50 bits per heavy atom. The molecule has 0 saturated heterocycles. The Morgan fingerprint density at radius 3 is 2.56 bits per heavy atom. The van der Waals surface area contributed by atoms with Crippen molar-refractivity contribution < 1.29 is 19.6 Å². The molecule has 0 fully saturated rings. The number of benzene rings is 1. The molecule has 0 bridgehead atoms. The van der Waals surface area contributed by atoms with E-state index < -0.39 is 16.5 Å². The molecule has 0 aromatic heterocycles. The number of rotatable bonds is 5. The van der Waals surface area contributed by atoms with Gasteiger partial charge in [0.05, 0.1) is 11.0 Å². The van der Waals surface area contributed by atoms with E-state index >= 15 is 0 Å². The highest BCUT2D eigenvalue weighted by Crippen LogP contribution is 2.29. The molecule has 0 aliphatic heterocycles. The molecule has 18 heavy (non-hydrogen) atoms. The minimum absolute atomic E-state index is 0.0172. The Labute approximate surface area is 104 Å². The molecule has 0 saturated carbocycles. The first-order chi connectivity index (χ1) is 8.26. The molecule has 1 rings (SSSR count). The van der Waals surface area contributed by atoms with Gasteiger partial charge in [-0.05, 0) is 26.3 Å². The lowest BCUT2D eigenvalue weighted by Crippen LogP contribution is -2.27. The summed E-state index contributed by atoms with van der Waals surface area (Å²) in [4.78, 5) is 21.1. The van der Waals surface area contributed by atoms with Gasteiger partial charge in [-0.2, -0.15) is 0 Å². The van der Waals surface area contributed by atoms with Crippen LogP contribution in [0.1, 0.15) is 37.6 Å². The van der Waals surface area contributed by atoms with Crippen molar-refractivity contribution in [3.8, 4) is 5.75 Å². The second kappa shape index (κ2) is 5.03. The van der Waals surface area contributed by atoms with Crippen LogP contribution in [0.4, 0.5) is 5.69 Å². The molecule has 0 atom stereocenters. The Balaban J connectivity index is 3.24. The van der Waals surface area contributed by atoms with E-state index in [1.54, 1.807) is 13.8 Å². The monoisotopic (exact) mass is 253 g/mol. The van der Waals surface area contributed by atoms with Crippen LogP contribution in [0.2, 0.25) is 0 Å². The summed E-state index contributed by atoms with van der Waals surface area (Å²) in [5.74, 6) is -1.16. The van der Waals surface area contributed by atoms with Crippen LogP contribution in [-0.4, -0.2) is 21.6 Å². The van der Waals surface area contributed by atoms with Crippen molar-refractivity contribution in [3.05, 3.63) is 33.9 Å². The van der Waals surface area contributed by atoms with Gasteiger partial charge < -0.3 is 9.84 Å². The summed E-state index contributed by atoms with van der Waals surface area (Å²) in [7, 11) is 0. The largest absolute Gasteiger partial charge is 0.487 e. The standard InChI is InChI=1S/C12H15NO5/c1-4-12(2,3)18-10-7-8(13(16)17)5-6-9(10)11(14)15/h5-7H,4H2,1-3H3,(H,14,15). The summed E-state index contributed by atoms with van der Waals surface area (Å²) in [6, 6.07) is 3.47. The number of non-ortho nitro benzene ring substituents is 1. The fourth-order valence-electron chi connectivity index (χ4n) is 1.26. The van der Waals surface area contributed by atoms with Crippen molar-refractivity contribution in [1.82, 2.24) is 0 Å². The lowest BCUT2D eigenvalue weighted by molar-refractivity contribution is -0.385. The first-order valence-corrected chi connectivity index (χ1v) is 5.47. The van der Waals surface area contributed by atoms with E-state index in [9.17, 15) is 14.9 Å². The SMILES string of the molecule is CCC(C)(C)Oc1cc([N+](=O)[O-])ccc1C(=O)O. The van der Waals surface area contributed by atoms with Crippen LogP contribution >= 0.6 is 0 Å². The Hall–Kier alpha value is -2.11. The third-order valence-corrected chi connectivity index (χ3v) is 2.64. The highest BCUT2D eigenvalue weighted by Gasteiger charge is 2.23. The topological polar surface area (TPSA) is 89.7 Å². The van der Waals surface area contributed by atoms with E-state index in [-0.39, 0.29) is 17.0 Å². The van der Waals surface area contributed by atoms with E-state index in [0.29, 0.717) is 6.42 Å². The van der Waals surface area contributed by atoms with Gasteiger partial charge in [-0.15, -0.1) is 0 Å². The lowest BCUT2D eigenvalue weighted by Gasteiger charge is -2.25. The summed E-state index contributed by atoms with van der Waals surface area (Å²) in [6.07, 6.45) is 0.648. The zero-order valence-corrected chi connectivity index (χ0v) is 10.5. The molecule has 6 nitrogen and oxygen atoms in total. The normalized spacial score (nSPS) is 11.1. The number of aromatic carboxylic acids is 1. The van der Waals surface area contributed by atoms with Gasteiger partial charge in [-0.25, -0.2) is 4.79 Å². The van der Waals surface area contributed by atoms with Crippen molar-refractivity contribution in [2.75, 3.05) is 0 Å². The van der Waals surface area contributed by atoms with Crippen molar-refractivity contribution in [1.29, 1.82) is 0 Å². The smallest absolute Gasteiger partial charge is 0.339 e. The van der Waals surface area contributed by atoms with Crippen molar-refractivity contribution in [2.45, 2.75) is 32.8 Å². The molecule has 0 spiro atoms. The summed E-state index contributed by atoms with van der Waals surface area (Å²) in [5.41, 5.74) is -0.858. The Bertz CT molecular complexity index is 481. The Morgan fingerprint density at radius 2 is 2.11 bits per heavy atom. The summed E-state index contributed by atoms with van der Waals surface area (Å²) in [5, 5.41) is 19.7. The fourth-order valence-corrected chi connectivity index (χ4v) is 1.26. The van der Waals surface area contributed by atoms with Gasteiger partial charge in [0.15, 0.2) is 0 Å². The maximum absolute atomic E-state index is 11.0. The molecular weight excluding hydrogens is 238 g/mol. The highest BCUT2D eigenvalue weighted by atomic mass is 16.6. The number of hydrogen-bond donors (Lipinski definition) is 1. The van der Waals surface area contributed by atoms with Crippen LogP contribution < -0.4 is 4.74 Å². The number of carbonyl (C=O) groups is 1. The maximum atomic E-state index is 11.0. The van der Waals surface area contributed by atoms with Gasteiger partial charge in [0.1, 0.15) is 16.9 Å². The first-order valence-electron chi connectivity index (χ1n) is 5.47. The maximum Gasteiger partial charge on any atom is 0.339 e. The van der Waals surface area contributed by atoms with E-state index in [2.05, 4.69) is 0 Å². The van der Waals surface area contributed by atoms with Gasteiger partial charge in [0.2, 0.25) is 0 Å². The van der Waals surface area contributed by atoms with Gasteiger partial charge in [-0.3, -0.25) is 10.1 Å². The third kappa shape index (κ3) is 3.19. The fraction of sp³-hybridized carbons (Fsp3) is 0.417. The van der Waals surface area contributed by atoms with Crippen molar-refractivity contribution in [2.24, 2.45) is 0 Å². The van der Waals surface area contributed by atoms with Gasteiger partial charge >= 0.3 is 5.97 Å². The average Bonchev–Trinajstić information content (AvgIpc) is 2.28. The highest BCUT2D eigenvalue weighted by molar-refractivity contribution is 5.91. The van der Waals surface area contributed by atoms with E-state index in [1.165, 1.54) is 6.07 Å². The van der Waals surface area contributed by atoms with Crippen molar-refractivity contribution in [3.63, 3.8) is 0 Å². The molecule has 1 N–H and O–H groups in total. The number of carboxylic acid groups (broad SMARTS) is 1. The average molecular weight is 253 g/mol. The number of nitrogens with zero attached hydrogens (tertiary/aromatic N) is 1. The predicted octanol–water partition coefficient (Wildman–Crippen LogP) is 2.86. The summed E-state index contributed by atoms with van der Waals surface area (Å²) >= 11 is 0. The van der Waals surface area contributed by atoms with Crippen LogP contribution in [0, 0.1) is 10.1 Å². The second-order valence-electron chi connectivity index (χ2n) is 4.46. The Kier molecular flexibility index (Phi) is 3.90. The lowest BCUT2D eigenvalue weighted by atomic mass is 10.1. The minimum Gasteiger partial charge on any atom is -0.487 e. The first kappa shape index (κ1) is 14.0. The van der Waals surface area contributed by atoms with Gasteiger partial charge in [0.25, 0.3) is 5.69 Å². The van der Waals surface area contributed by atoms with E-state index in [1.807, 2.05) is 6.92 Å². The number of carboxylic acids is 1. The number of ether oxygens (including phenoxy) is 1. The van der Waals surface area contributed by atoms with Crippen LogP contribution in [0.25, 0.3) is 0 Å². The van der Waals surface area contributed by atoms with Crippen molar-refractivity contribution >= 4 is 11.7 Å². The van der Waals surface area contributed by atoms with Gasteiger partial charge in [-0.1, -0.05) is 6.92 Å². The van der Waals surface area contributed by atoms with Crippen LogP contribution in [0.5, 0.6) is 5.75 Å². The molecule has 1 aromatic rings. The van der Waals surface area contributed by atoms with Crippen LogP contribution in [0.15, 0.2) is 18.2 Å². The zero-order chi connectivity index (χ0) is 13.9.